The van der Waals surface area contributed by atoms with Crippen molar-refractivity contribution in [2.75, 3.05) is 0 Å². The minimum atomic E-state index is -0.349. The number of hydrogen-bond acceptors (Lipinski definition) is 3. The fraction of sp³-hybridized carbons (Fsp3) is 0.409. The minimum absolute atomic E-state index is 0.0231. The monoisotopic (exact) mass is 347 g/mol. The number of nitro groups is 1. The molecule has 4 heteroatoms. The van der Waals surface area contributed by atoms with E-state index in [9.17, 15) is 14.9 Å². The number of carbonyl (C=O) groups is 1. The lowest BCUT2D eigenvalue weighted by Gasteiger charge is -2.61. The molecule has 6 rings (SSSR count). The molecule has 2 aromatic rings. The van der Waals surface area contributed by atoms with Crippen LogP contribution in [0.1, 0.15) is 43.2 Å². The largest absolute Gasteiger partial charge is 0.299 e. The lowest BCUT2D eigenvalue weighted by Crippen LogP contribution is -2.59. The number of nitrogens with zero attached hydrogens (tertiary/aromatic N) is 1. The zero-order chi connectivity index (χ0) is 17.9. The number of benzene rings is 2. The highest BCUT2D eigenvalue weighted by atomic mass is 16.6. The van der Waals surface area contributed by atoms with Crippen molar-refractivity contribution in [3.05, 3.63) is 75.8 Å². The molecule has 0 radical (unpaired) electrons. The molecule has 0 aromatic heterocycles. The molecule has 4 aliphatic carbocycles. The maximum absolute atomic E-state index is 12.8. The number of nitro benzene ring substituents is 1. The number of rotatable bonds is 3. The summed E-state index contributed by atoms with van der Waals surface area (Å²) in [5.74, 6) is 0.715. The molecule has 4 bridgehead atoms. The summed E-state index contributed by atoms with van der Waals surface area (Å²) in [5, 5.41) is 11.0. The van der Waals surface area contributed by atoms with E-state index in [-0.39, 0.29) is 33.3 Å². The van der Waals surface area contributed by atoms with Gasteiger partial charge < -0.3 is 0 Å². The first-order chi connectivity index (χ1) is 12.5. The summed E-state index contributed by atoms with van der Waals surface area (Å²) in [4.78, 5) is 23.4. The van der Waals surface area contributed by atoms with Gasteiger partial charge in [-0.3, -0.25) is 14.9 Å². The van der Waals surface area contributed by atoms with Crippen LogP contribution in [0.25, 0.3) is 0 Å². The molecule has 132 valence electrons. The van der Waals surface area contributed by atoms with Gasteiger partial charge >= 0.3 is 0 Å². The fourth-order valence-electron chi connectivity index (χ4n) is 6.27. The van der Waals surface area contributed by atoms with Crippen LogP contribution < -0.4 is 0 Å². The van der Waals surface area contributed by atoms with E-state index >= 15 is 0 Å². The first kappa shape index (κ1) is 15.7. The van der Waals surface area contributed by atoms with Crippen LogP contribution in [0.2, 0.25) is 0 Å². The molecule has 0 spiro atoms. The van der Waals surface area contributed by atoms with Crippen molar-refractivity contribution in [3.63, 3.8) is 0 Å². The predicted octanol–water partition coefficient (Wildman–Crippen LogP) is 4.56. The standard InChI is InChI=1S/C22H21NO3/c24-20-15-10-21(17-4-2-1-3-5-17)11-16(20)13-22(12-15,14-21)18-6-8-19(9-7-18)23(25)26/h1-9,15-16H,10-14H2/t15-,16+,21?,22?. The van der Waals surface area contributed by atoms with Gasteiger partial charge in [0, 0.05) is 24.0 Å². The minimum Gasteiger partial charge on any atom is -0.299 e. The zero-order valence-corrected chi connectivity index (χ0v) is 14.6. The third-order valence-electron chi connectivity index (χ3n) is 7.11. The highest BCUT2D eigenvalue weighted by molar-refractivity contribution is 5.87. The number of carbonyl (C=O) groups excluding carboxylic acids is 1. The summed E-state index contributed by atoms with van der Waals surface area (Å²) in [5.41, 5.74) is 2.71. The van der Waals surface area contributed by atoms with E-state index in [0.29, 0.717) is 5.78 Å². The number of Topliss-reactive ketones (excluding diaryl/α,β-unsaturated/α-hetero) is 1. The Hall–Kier alpha value is -2.49. The Morgan fingerprint density at radius 1 is 0.808 bits per heavy atom. The van der Waals surface area contributed by atoms with E-state index in [0.717, 1.165) is 32.1 Å². The molecule has 4 aliphatic rings. The van der Waals surface area contributed by atoms with Crippen LogP contribution in [0.5, 0.6) is 0 Å². The molecule has 4 atom stereocenters. The summed E-state index contributed by atoms with van der Waals surface area (Å²) in [6, 6.07) is 17.7. The highest BCUT2D eigenvalue weighted by Crippen LogP contribution is 2.65. The summed E-state index contributed by atoms with van der Waals surface area (Å²) in [6.07, 6.45) is 4.76. The first-order valence-corrected chi connectivity index (χ1v) is 9.36. The van der Waals surface area contributed by atoms with E-state index in [1.807, 2.05) is 18.2 Å². The molecule has 0 heterocycles. The molecule has 0 amide bonds. The van der Waals surface area contributed by atoms with Gasteiger partial charge in [-0.15, -0.1) is 0 Å². The second-order valence-corrected chi connectivity index (χ2v) is 8.52. The Morgan fingerprint density at radius 3 is 1.81 bits per heavy atom. The van der Waals surface area contributed by atoms with E-state index in [4.69, 9.17) is 0 Å². The van der Waals surface area contributed by atoms with Crippen LogP contribution in [0.15, 0.2) is 54.6 Å². The van der Waals surface area contributed by atoms with Gasteiger partial charge in [0.1, 0.15) is 5.78 Å². The third kappa shape index (κ3) is 2.11. The SMILES string of the molecule is O=C1[C@@H]2CC3(c4ccccc4)C[C@H]1CC(c1ccc([N+](=O)[O-])cc1)(C2)C3. The van der Waals surface area contributed by atoms with Gasteiger partial charge in [0.05, 0.1) is 4.92 Å². The average molecular weight is 347 g/mol. The first-order valence-electron chi connectivity index (χ1n) is 9.36. The van der Waals surface area contributed by atoms with Gasteiger partial charge in [0.25, 0.3) is 5.69 Å². The molecule has 0 N–H and O–H groups in total. The van der Waals surface area contributed by atoms with E-state index in [1.54, 1.807) is 12.1 Å². The smallest absolute Gasteiger partial charge is 0.269 e. The molecule has 4 fully saturated rings. The van der Waals surface area contributed by atoms with Crippen molar-refractivity contribution >= 4 is 11.5 Å². The Morgan fingerprint density at radius 2 is 1.31 bits per heavy atom. The Bertz CT molecular complexity index is 869. The predicted molar refractivity (Wildman–Crippen MR) is 98.0 cm³/mol. The number of hydrogen-bond donors (Lipinski definition) is 0. The van der Waals surface area contributed by atoms with Crippen molar-refractivity contribution in [2.45, 2.75) is 42.9 Å². The quantitative estimate of drug-likeness (QED) is 0.604. The summed E-state index contributed by atoms with van der Waals surface area (Å²) >= 11 is 0. The van der Waals surface area contributed by atoms with Gasteiger partial charge in [-0.2, -0.15) is 0 Å². The lowest BCUT2D eigenvalue weighted by atomic mass is 9.41. The number of non-ortho nitro benzene ring substituents is 1. The van der Waals surface area contributed by atoms with Crippen molar-refractivity contribution in [1.29, 1.82) is 0 Å². The van der Waals surface area contributed by atoms with Crippen LogP contribution in [-0.4, -0.2) is 10.7 Å². The van der Waals surface area contributed by atoms with Crippen molar-refractivity contribution in [3.8, 4) is 0 Å². The van der Waals surface area contributed by atoms with Crippen LogP contribution in [-0.2, 0) is 15.6 Å². The summed E-state index contributed by atoms with van der Waals surface area (Å²) in [7, 11) is 0. The van der Waals surface area contributed by atoms with Crippen LogP contribution in [0.3, 0.4) is 0 Å². The van der Waals surface area contributed by atoms with E-state index in [2.05, 4.69) is 24.3 Å². The maximum atomic E-state index is 12.8. The second-order valence-electron chi connectivity index (χ2n) is 8.52. The molecule has 4 nitrogen and oxygen atoms in total. The van der Waals surface area contributed by atoms with Crippen molar-refractivity contribution in [1.82, 2.24) is 0 Å². The Balaban J connectivity index is 1.60. The van der Waals surface area contributed by atoms with Crippen molar-refractivity contribution in [2.24, 2.45) is 11.8 Å². The van der Waals surface area contributed by atoms with Crippen LogP contribution in [0, 0.1) is 22.0 Å². The van der Waals surface area contributed by atoms with Gasteiger partial charge in [0.2, 0.25) is 0 Å². The third-order valence-corrected chi connectivity index (χ3v) is 7.11. The summed E-state index contributed by atoms with van der Waals surface area (Å²) in [6.45, 7) is 0. The fourth-order valence-corrected chi connectivity index (χ4v) is 6.27. The molecule has 2 aromatic carbocycles. The maximum Gasteiger partial charge on any atom is 0.269 e. The molecule has 0 aliphatic heterocycles. The molecule has 4 saturated carbocycles. The normalized spacial score (nSPS) is 34.8. The highest BCUT2D eigenvalue weighted by Gasteiger charge is 2.61. The van der Waals surface area contributed by atoms with Gasteiger partial charge in [0.15, 0.2) is 0 Å². The van der Waals surface area contributed by atoms with Crippen LogP contribution >= 0.6 is 0 Å². The van der Waals surface area contributed by atoms with Gasteiger partial charge in [-0.25, -0.2) is 0 Å². The molecular weight excluding hydrogens is 326 g/mol. The Kier molecular flexibility index (Phi) is 3.18. The molecule has 2 unspecified atom stereocenters. The molecule has 0 saturated heterocycles. The van der Waals surface area contributed by atoms with E-state index < -0.39 is 0 Å². The van der Waals surface area contributed by atoms with E-state index in [1.165, 1.54) is 11.1 Å². The van der Waals surface area contributed by atoms with Crippen molar-refractivity contribution < 1.29 is 9.72 Å². The number of ketones is 1. The van der Waals surface area contributed by atoms with Crippen LogP contribution in [0.4, 0.5) is 5.69 Å². The molecular formula is C22H21NO3. The van der Waals surface area contributed by atoms with Gasteiger partial charge in [-0.05, 0) is 54.1 Å². The lowest BCUT2D eigenvalue weighted by molar-refractivity contribution is -0.384. The van der Waals surface area contributed by atoms with Gasteiger partial charge in [-0.1, -0.05) is 42.5 Å². The topological polar surface area (TPSA) is 60.2 Å². The molecule has 26 heavy (non-hydrogen) atoms. The summed E-state index contributed by atoms with van der Waals surface area (Å²) < 4.78 is 0. The Labute approximate surface area is 152 Å². The second kappa shape index (κ2) is 5.26. The zero-order valence-electron chi connectivity index (χ0n) is 14.6. The average Bonchev–Trinajstić information content (AvgIpc) is 2.66.